The molecular formula is C22H23N5OS. The van der Waals surface area contributed by atoms with E-state index in [2.05, 4.69) is 32.3 Å². The van der Waals surface area contributed by atoms with Gasteiger partial charge < -0.3 is 15.0 Å². The van der Waals surface area contributed by atoms with Crippen molar-refractivity contribution < 1.29 is 4.74 Å². The molecular weight excluding hydrogens is 382 g/mol. The van der Waals surface area contributed by atoms with Crippen LogP contribution in [-0.2, 0) is 4.74 Å². The number of thiophene rings is 1. The van der Waals surface area contributed by atoms with Crippen molar-refractivity contribution in [2.24, 2.45) is 0 Å². The van der Waals surface area contributed by atoms with Gasteiger partial charge in [0.25, 0.3) is 0 Å². The van der Waals surface area contributed by atoms with Crippen LogP contribution >= 0.6 is 11.3 Å². The predicted molar refractivity (Wildman–Crippen MR) is 116 cm³/mol. The molecule has 1 aliphatic carbocycles. The average molecular weight is 406 g/mol. The van der Waals surface area contributed by atoms with Crippen LogP contribution in [0.1, 0.15) is 42.0 Å². The molecule has 6 nitrogen and oxygen atoms in total. The molecule has 0 amide bonds. The highest BCUT2D eigenvalue weighted by Gasteiger charge is 2.24. The highest BCUT2D eigenvalue weighted by Crippen LogP contribution is 2.43. The minimum Gasteiger partial charge on any atom is -0.378 e. The van der Waals surface area contributed by atoms with Gasteiger partial charge in [-0.1, -0.05) is 12.8 Å². The summed E-state index contributed by atoms with van der Waals surface area (Å²) < 4.78 is 6.50. The summed E-state index contributed by atoms with van der Waals surface area (Å²) in [7, 11) is 0. The minimum atomic E-state index is 0.503. The molecule has 0 spiro atoms. The molecule has 3 aromatic heterocycles. The third kappa shape index (κ3) is 3.66. The molecule has 2 fully saturated rings. The second kappa shape index (κ2) is 7.97. The van der Waals surface area contributed by atoms with E-state index in [0.29, 0.717) is 5.92 Å². The van der Waals surface area contributed by atoms with Gasteiger partial charge in [0, 0.05) is 24.7 Å². The van der Waals surface area contributed by atoms with E-state index >= 15 is 0 Å². The quantitative estimate of drug-likeness (QED) is 0.672. The van der Waals surface area contributed by atoms with E-state index in [1.807, 2.05) is 24.5 Å². The SMILES string of the molecule is N#Cc1sc2cnc(Nc3ccc(N4CCOCC4)nc3)cc2c1C1CCCC1. The van der Waals surface area contributed by atoms with E-state index in [1.54, 1.807) is 11.3 Å². The van der Waals surface area contributed by atoms with Crippen molar-refractivity contribution in [3.05, 3.63) is 41.0 Å². The third-order valence-electron chi connectivity index (χ3n) is 5.83. The Bertz CT molecular complexity index is 1040. The summed E-state index contributed by atoms with van der Waals surface area (Å²) in [5.74, 6) is 2.27. The van der Waals surface area contributed by atoms with Crippen LogP contribution in [0.4, 0.5) is 17.3 Å². The van der Waals surface area contributed by atoms with E-state index in [4.69, 9.17) is 4.74 Å². The molecule has 0 atom stereocenters. The molecule has 4 heterocycles. The Morgan fingerprint density at radius 2 is 1.97 bits per heavy atom. The lowest BCUT2D eigenvalue weighted by Gasteiger charge is -2.27. The standard InChI is InChI=1S/C22H23N5OS/c23-12-18-22(15-3-1-2-4-15)17-11-20(24-14-19(17)29-18)26-16-5-6-21(25-13-16)27-7-9-28-10-8-27/h5-6,11,13-15H,1-4,7-10H2,(H,24,26). The van der Waals surface area contributed by atoms with Crippen LogP contribution in [-0.4, -0.2) is 36.3 Å². The second-order valence-electron chi connectivity index (χ2n) is 7.63. The molecule has 1 aliphatic heterocycles. The largest absolute Gasteiger partial charge is 0.378 e. The maximum Gasteiger partial charge on any atom is 0.131 e. The number of hydrogen-bond acceptors (Lipinski definition) is 7. The number of morpholine rings is 1. The van der Waals surface area contributed by atoms with Crippen LogP contribution in [0.25, 0.3) is 10.1 Å². The summed E-state index contributed by atoms with van der Waals surface area (Å²) in [4.78, 5) is 12.2. The van der Waals surface area contributed by atoms with Crippen molar-refractivity contribution in [2.75, 3.05) is 36.5 Å². The molecule has 1 saturated carbocycles. The Hall–Kier alpha value is -2.69. The number of pyridine rings is 2. The zero-order valence-electron chi connectivity index (χ0n) is 16.2. The van der Waals surface area contributed by atoms with E-state index in [1.165, 1.54) is 36.6 Å². The molecule has 0 aromatic carbocycles. The number of aromatic nitrogens is 2. The zero-order valence-corrected chi connectivity index (χ0v) is 17.0. The Morgan fingerprint density at radius 3 is 2.69 bits per heavy atom. The topological polar surface area (TPSA) is 74.1 Å². The maximum absolute atomic E-state index is 9.62. The molecule has 148 valence electrons. The summed E-state index contributed by atoms with van der Waals surface area (Å²) in [5.41, 5.74) is 2.14. The third-order valence-corrected chi connectivity index (χ3v) is 6.90. The highest BCUT2D eigenvalue weighted by atomic mass is 32.1. The molecule has 3 aromatic rings. The number of nitrogens with one attached hydrogen (secondary N) is 1. The molecule has 0 radical (unpaired) electrons. The lowest BCUT2D eigenvalue weighted by Crippen LogP contribution is -2.36. The summed E-state index contributed by atoms with van der Waals surface area (Å²) in [5, 5.41) is 14.2. The fourth-order valence-corrected chi connectivity index (χ4v) is 5.42. The van der Waals surface area contributed by atoms with Crippen molar-refractivity contribution in [2.45, 2.75) is 31.6 Å². The van der Waals surface area contributed by atoms with Crippen LogP contribution in [0.5, 0.6) is 0 Å². The first kappa shape index (κ1) is 18.3. The van der Waals surface area contributed by atoms with E-state index in [-0.39, 0.29) is 0 Å². The molecule has 0 bridgehead atoms. The predicted octanol–water partition coefficient (Wildman–Crippen LogP) is 4.80. The summed E-state index contributed by atoms with van der Waals surface area (Å²) in [6, 6.07) is 8.58. The molecule has 1 saturated heterocycles. The molecule has 29 heavy (non-hydrogen) atoms. The van der Waals surface area contributed by atoms with E-state index in [9.17, 15) is 5.26 Å². The normalized spacial score (nSPS) is 17.6. The molecule has 1 N–H and O–H groups in total. The molecule has 0 unspecified atom stereocenters. The summed E-state index contributed by atoms with van der Waals surface area (Å²) in [6.45, 7) is 3.25. The van der Waals surface area contributed by atoms with Gasteiger partial charge >= 0.3 is 0 Å². The number of ether oxygens (including phenoxy) is 1. The second-order valence-corrected chi connectivity index (χ2v) is 8.69. The molecule has 7 heteroatoms. The van der Waals surface area contributed by atoms with Crippen LogP contribution in [0.3, 0.4) is 0 Å². The van der Waals surface area contributed by atoms with Crippen molar-refractivity contribution >= 4 is 38.7 Å². The Balaban J connectivity index is 1.40. The van der Waals surface area contributed by atoms with Crippen molar-refractivity contribution in [3.63, 3.8) is 0 Å². The minimum absolute atomic E-state index is 0.503. The van der Waals surface area contributed by atoms with Crippen LogP contribution in [0, 0.1) is 11.3 Å². The Kier molecular flexibility index (Phi) is 5.04. The van der Waals surface area contributed by atoms with Gasteiger partial charge in [0.2, 0.25) is 0 Å². The molecule has 2 aliphatic rings. The van der Waals surface area contributed by atoms with Crippen LogP contribution in [0.2, 0.25) is 0 Å². The number of anilines is 3. The highest BCUT2D eigenvalue weighted by molar-refractivity contribution is 7.19. The first-order valence-electron chi connectivity index (χ1n) is 10.2. The van der Waals surface area contributed by atoms with Crippen LogP contribution < -0.4 is 10.2 Å². The summed E-state index contributed by atoms with van der Waals surface area (Å²) in [6.07, 6.45) is 8.60. The Morgan fingerprint density at radius 1 is 1.14 bits per heavy atom. The van der Waals surface area contributed by atoms with E-state index < -0.39 is 0 Å². The van der Waals surface area contributed by atoms with Gasteiger partial charge in [-0.15, -0.1) is 11.3 Å². The van der Waals surface area contributed by atoms with Gasteiger partial charge in [-0.25, -0.2) is 9.97 Å². The number of hydrogen-bond donors (Lipinski definition) is 1. The van der Waals surface area contributed by atoms with Crippen molar-refractivity contribution in [1.82, 2.24) is 9.97 Å². The van der Waals surface area contributed by atoms with Crippen molar-refractivity contribution in [1.29, 1.82) is 5.26 Å². The van der Waals surface area contributed by atoms with Gasteiger partial charge in [0.1, 0.15) is 22.6 Å². The van der Waals surface area contributed by atoms with Gasteiger partial charge in [-0.3, -0.25) is 0 Å². The maximum atomic E-state index is 9.62. The first-order chi connectivity index (χ1) is 14.3. The average Bonchev–Trinajstić information content (AvgIpc) is 3.42. The first-order valence-corrected chi connectivity index (χ1v) is 11.0. The van der Waals surface area contributed by atoms with Crippen molar-refractivity contribution in [3.8, 4) is 6.07 Å². The number of nitriles is 1. The zero-order chi connectivity index (χ0) is 19.6. The number of fused-ring (bicyclic) bond motifs is 1. The van der Waals surface area contributed by atoms with Gasteiger partial charge in [-0.2, -0.15) is 5.26 Å². The Labute approximate surface area is 174 Å². The summed E-state index contributed by atoms with van der Waals surface area (Å²) >= 11 is 1.56. The van der Waals surface area contributed by atoms with Gasteiger partial charge in [0.15, 0.2) is 0 Å². The number of nitrogens with zero attached hydrogens (tertiary/aromatic N) is 4. The van der Waals surface area contributed by atoms with Crippen LogP contribution in [0.15, 0.2) is 30.6 Å². The van der Waals surface area contributed by atoms with Gasteiger partial charge in [0.05, 0.1) is 29.8 Å². The lowest BCUT2D eigenvalue weighted by molar-refractivity contribution is 0.122. The fraction of sp³-hybridized carbons (Fsp3) is 0.409. The monoisotopic (exact) mass is 405 g/mol. The molecule has 5 rings (SSSR count). The van der Waals surface area contributed by atoms with E-state index in [0.717, 1.165) is 53.2 Å². The smallest absolute Gasteiger partial charge is 0.131 e. The van der Waals surface area contributed by atoms with Gasteiger partial charge in [-0.05, 0) is 42.5 Å². The number of rotatable bonds is 4. The lowest BCUT2D eigenvalue weighted by atomic mass is 9.95. The fourth-order valence-electron chi connectivity index (χ4n) is 4.38.